The molecule has 0 aliphatic heterocycles. The van der Waals surface area contributed by atoms with E-state index < -0.39 is 0 Å². The summed E-state index contributed by atoms with van der Waals surface area (Å²) >= 11 is 0. The molecule has 0 spiro atoms. The number of fused-ring (bicyclic) bond motifs is 1. The predicted molar refractivity (Wildman–Crippen MR) is 86.3 cm³/mol. The summed E-state index contributed by atoms with van der Waals surface area (Å²) in [4.78, 5) is 12.0. The minimum Gasteiger partial charge on any atom is -0.460 e. The number of aliphatic hydroxyl groups excluding tert-OH is 1. The van der Waals surface area contributed by atoms with Crippen LogP contribution in [-0.4, -0.2) is 30.3 Å². The summed E-state index contributed by atoms with van der Waals surface area (Å²) in [6.45, 7) is 4.28. The van der Waals surface area contributed by atoms with E-state index in [4.69, 9.17) is 9.15 Å². The molecule has 1 aromatic rings. The third-order valence-corrected chi connectivity index (χ3v) is 4.80. The fourth-order valence-corrected chi connectivity index (χ4v) is 3.69. The van der Waals surface area contributed by atoms with Crippen LogP contribution in [0.1, 0.15) is 59.7 Å². The molecule has 0 radical (unpaired) electrons. The molecule has 2 aliphatic carbocycles. The maximum absolute atomic E-state index is 12.0. The summed E-state index contributed by atoms with van der Waals surface area (Å²) < 4.78 is 10.9. The fourth-order valence-electron chi connectivity index (χ4n) is 3.69. The first kappa shape index (κ1) is 16.3. The second-order valence-electron chi connectivity index (χ2n) is 6.39. The highest BCUT2D eigenvalue weighted by atomic mass is 16.5. The first-order valence-electron chi connectivity index (χ1n) is 8.48. The van der Waals surface area contributed by atoms with Crippen LogP contribution in [0.15, 0.2) is 16.6 Å². The predicted octanol–water partition coefficient (Wildman–Crippen LogP) is 2.67. The molecular formula is C18H25NO4. The molecule has 126 valence electrons. The van der Waals surface area contributed by atoms with Crippen LogP contribution >= 0.6 is 0 Å². The number of hydrogen-bond acceptors (Lipinski definition) is 5. The van der Waals surface area contributed by atoms with Gasteiger partial charge in [-0.15, -0.1) is 0 Å². The second kappa shape index (κ2) is 6.89. The summed E-state index contributed by atoms with van der Waals surface area (Å²) in [6.07, 6.45) is 8.07. The Morgan fingerprint density at radius 2 is 2.30 bits per heavy atom. The van der Waals surface area contributed by atoms with E-state index in [1.165, 1.54) is 0 Å². The molecule has 0 fully saturated rings. The van der Waals surface area contributed by atoms with Crippen molar-refractivity contribution in [1.82, 2.24) is 5.32 Å². The van der Waals surface area contributed by atoms with Gasteiger partial charge in [0.15, 0.2) is 0 Å². The lowest BCUT2D eigenvalue weighted by molar-refractivity contribution is 0.0487. The van der Waals surface area contributed by atoms with Crippen molar-refractivity contribution >= 4 is 5.97 Å². The van der Waals surface area contributed by atoms with Gasteiger partial charge in [0.25, 0.3) is 0 Å². The van der Waals surface area contributed by atoms with E-state index in [1.807, 2.05) is 6.92 Å². The maximum Gasteiger partial charge on any atom is 0.374 e. The number of rotatable bonds is 5. The van der Waals surface area contributed by atoms with Gasteiger partial charge in [-0.05, 0) is 33.1 Å². The van der Waals surface area contributed by atoms with Crippen molar-refractivity contribution in [3.8, 4) is 0 Å². The summed E-state index contributed by atoms with van der Waals surface area (Å²) in [5.74, 6) is 1.13. The summed E-state index contributed by atoms with van der Waals surface area (Å²) in [7, 11) is 0. The van der Waals surface area contributed by atoms with Gasteiger partial charge >= 0.3 is 5.97 Å². The largest absolute Gasteiger partial charge is 0.460 e. The number of aryl methyl sites for hydroxylation is 1. The van der Waals surface area contributed by atoms with Crippen molar-refractivity contribution < 1.29 is 19.1 Å². The Bertz CT molecular complexity index is 604. The Hall–Kier alpha value is -1.59. The number of hydrogen-bond donors (Lipinski definition) is 2. The number of carbonyl (C=O) groups is 1. The van der Waals surface area contributed by atoms with E-state index in [-0.39, 0.29) is 30.6 Å². The van der Waals surface area contributed by atoms with Crippen LogP contribution in [0.4, 0.5) is 0 Å². The average molecular weight is 319 g/mol. The van der Waals surface area contributed by atoms with Crippen molar-refractivity contribution in [3.05, 3.63) is 34.8 Å². The molecular weight excluding hydrogens is 294 g/mol. The number of ether oxygens (including phenoxy) is 1. The van der Waals surface area contributed by atoms with Crippen LogP contribution in [0.5, 0.6) is 0 Å². The van der Waals surface area contributed by atoms with Gasteiger partial charge in [0.1, 0.15) is 5.76 Å². The van der Waals surface area contributed by atoms with Crippen LogP contribution in [0.2, 0.25) is 0 Å². The molecule has 2 aliphatic rings. The Balaban J connectivity index is 1.79. The summed E-state index contributed by atoms with van der Waals surface area (Å²) in [6, 6.07) is 0.459. The van der Waals surface area contributed by atoms with Gasteiger partial charge in [-0.25, -0.2) is 4.79 Å². The number of nitrogens with one attached hydrogen (secondary N) is 1. The first-order valence-corrected chi connectivity index (χ1v) is 8.48. The van der Waals surface area contributed by atoms with Gasteiger partial charge in [-0.2, -0.15) is 0 Å². The van der Waals surface area contributed by atoms with E-state index in [1.54, 1.807) is 6.92 Å². The van der Waals surface area contributed by atoms with Gasteiger partial charge in [0.05, 0.1) is 6.61 Å². The number of carbonyl (C=O) groups excluding carboxylic acids is 1. The van der Waals surface area contributed by atoms with Crippen LogP contribution in [0.25, 0.3) is 0 Å². The highest BCUT2D eigenvalue weighted by Crippen LogP contribution is 2.37. The van der Waals surface area contributed by atoms with Gasteiger partial charge in [0.2, 0.25) is 5.76 Å². The van der Waals surface area contributed by atoms with Crippen molar-refractivity contribution in [2.24, 2.45) is 5.92 Å². The Kier molecular flexibility index (Phi) is 4.87. The van der Waals surface area contributed by atoms with Gasteiger partial charge < -0.3 is 19.6 Å². The topological polar surface area (TPSA) is 71.7 Å². The van der Waals surface area contributed by atoms with Crippen LogP contribution in [0.3, 0.4) is 0 Å². The fraction of sp³-hybridized carbons (Fsp3) is 0.611. The zero-order valence-electron chi connectivity index (χ0n) is 13.8. The zero-order chi connectivity index (χ0) is 16.4. The summed E-state index contributed by atoms with van der Waals surface area (Å²) in [5.41, 5.74) is 2.02. The quantitative estimate of drug-likeness (QED) is 0.645. The first-order chi connectivity index (χ1) is 11.1. The molecule has 3 atom stereocenters. The smallest absolute Gasteiger partial charge is 0.374 e. The van der Waals surface area contributed by atoms with Crippen molar-refractivity contribution in [1.29, 1.82) is 0 Å². The van der Waals surface area contributed by atoms with Crippen LogP contribution in [0, 0.1) is 12.8 Å². The molecule has 2 N–H and O–H groups in total. The molecule has 0 unspecified atom stereocenters. The van der Waals surface area contributed by atoms with Crippen LogP contribution in [-0.2, 0) is 11.2 Å². The van der Waals surface area contributed by atoms with Crippen molar-refractivity contribution in [2.45, 2.75) is 51.6 Å². The molecule has 0 amide bonds. The Morgan fingerprint density at radius 1 is 1.48 bits per heavy atom. The van der Waals surface area contributed by atoms with E-state index in [0.717, 1.165) is 42.6 Å². The molecule has 0 bridgehead atoms. The number of furan rings is 1. The van der Waals surface area contributed by atoms with Gasteiger partial charge in [-0.3, -0.25) is 0 Å². The monoisotopic (exact) mass is 319 g/mol. The Morgan fingerprint density at radius 3 is 3.00 bits per heavy atom. The SMILES string of the molecule is CCOC(=O)c1oc2c(c1C)[C@@H](N[C@@H]1C=C[C@H](CO)C1)CCC2. The van der Waals surface area contributed by atoms with E-state index in [9.17, 15) is 9.90 Å². The van der Waals surface area contributed by atoms with Crippen molar-refractivity contribution in [3.63, 3.8) is 0 Å². The minimum atomic E-state index is -0.376. The second-order valence-corrected chi connectivity index (χ2v) is 6.39. The molecule has 1 aromatic heterocycles. The lowest BCUT2D eigenvalue weighted by atomic mass is 9.89. The third-order valence-electron chi connectivity index (χ3n) is 4.80. The zero-order valence-corrected chi connectivity index (χ0v) is 13.8. The summed E-state index contributed by atoms with van der Waals surface area (Å²) in [5, 5.41) is 12.9. The van der Waals surface area contributed by atoms with E-state index in [0.29, 0.717) is 12.4 Å². The Labute approximate surface area is 136 Å². The highest BCUT2D eigenvalue weighted by molar-refractivity contribution is 5.88. The number of aliphatic hydroxyl groups is 1. The number of esters is 1. The molecule has 5 heteroatoms. The molecule has 3 rings (SSSR count). The standard InChI is InChI=1S/C18H25NO4/c1-3-22-18(21)17-11(2)16-14(5-4-6-15(16)23-17)19-13-8-7-12(9-13)10-20/h7-8,12-14,19-20H,3-6,9-10H2,1-2H3/t12-,13+,14-/m0/s1. The highest BCUT2D eigenvalue weighted by Gasteiger charge is 2.32. The third kappa shape index (κ3) is 3.21. The van der Waals surface area contributed by atoms with E-state index >= 15 is 0 Å². The van der Waals surface area contributed by atoms with Gasteiger partial charge in [0, 0.05) is 42.2 Å². The lowest BCUT2D eigenvalue weighted by Gasteiger charge is -2.26. The van der Waals surface area contributed by atoms with Crippen LogP contribution < -0.4 is 5.32 Å². The average Bonchev–Trinajstić information content (AvgIpc) is 3.13. The normalized spacial score (nSPS) is 26.3. The maximum atomic E-state index is 12.0. The lowest BCUT2D eigenvalue weighted by Crippen LogP contribution is -2.33. The van der Waals surface area contributed by atoms with Gasteiger partial charge in [-0.1, -0.05) is 12.2 Å². The minimum absolute atomic E-state index is 0.192. The molecule has 1 heterocycles. The molecule has 23 heavy (non-hydrogen) atoms. The molecule has 0 saturated heterocycles. The van der Waals surface area contributed by atoms with Crippen molar-refractivity contribution in [2.75, 3.05) is 13.2 Å². The van der Waals surface area contributed by atoms with E-state index in [2.05, 4.69) is 17.5 Å². The molecule has 0 aromatic carbocycles. The molecule has 5 nitrogen and oxygen atoms in total. The molecule has 0 saturated carbocycles.